The molecule has 2 aromatic carbocycles. The molecular formula is C20H18N2O2S. The summed E-state index contributed by atoms with van der Waals surface area (Å²) in [5.41, 5.74) is 4.72. The zero-order valence-corrected chi connectivity index (χ0v) is 14.8. The van der Waals surface area contributed by atoms with Crippen LogP contribution in [0, 0.1) is 6.92 Å². The Morgan fingerprint density at radius 3 is 2.56 bits per heavy atom. The maximum atomic E-state index is 12.5. The van der Waals surface area contributed by atoms with Crippen molar-refractivity contribution in [2.75, 3.05) is 12.4 Å². The summed E-state index contributed by atoms with van der Waals surface area (Å²) in [4.78, 5) is 17.9. The molecule has 0 radical (unpaired) electrons. The van der Waals surface area contributed by atoms with Crippen LogP contribution in [-0.2, 0) is 4.84 Å². The molecule has 25 heavy (non-hydrogen) atoms. The largest absolute Gasteiger partial charge is 0.399 e. The zero-order valence-electron chi connectivity index (χ0n) is 14.0. The molecule has 0 spiro atoms. The number of aryl methyl sites for hydroxylation is 1. The number of hydrogen-bond donors (Lipinski definition) is 1. The van der Waals surface area contributed by atoms with Crippen molar-refractivity contribution in [2.24, 2.45) is 5.16 Å². The number of hydrogen-bond acceptors (Lipinski definition) is 4. The van der Waals surface area contributed by atoms with E-state index in [1.165, 1.54) is 18.4 Å². The predicted molar refractivity (Wildman–Crippen MR) is 103 cm³/mol. The summed E-state index contributed by atoms with van der Waals surface area (Å²) < 4.78 is 0. The maximum absolute atomic E-state index is 12.5. The Morgan fingerprint density at radius 2 is 1.88 bits per heavy atom. The molecule has 0 atom stereocenters. The standard InChI is InChI=1S/C20H18N2O2S/c1-14-11-12-25-19(14)20(23)22-18-6-4-3-5-17(18)16-9-7-15(8-10-16)13-21-24-2/h3-13H,1-2H3,(H,22,23)/b21-13+. The highest BCUT2D eigenvalue weighted by Crippen LogP contribution is 2.29. The molecule has 5 heteroatoms. The Balaban J connectivity index is 1.87. The van der Waals surface area contributed by atoms with E-state index in [4.69, 9.17) is 4.84 Å². The highest BCUT2D eigenvalue weighted by atomic mass is 32.1. The van der Waals surface area contributed by atoms with Crippen molar-refractivity contribution >= 4 is 29.1 Å². The minimum absolute atomic E-state index is 0.0798. The molecular weight excluding hydrogens is 332 g/mol. The van der Waals surface area contributed by atoms with E-state index in [0.717, 1.165) is 32.8 Å². The number of carbonyl (C=O) groups excluding carboxylic acids is 1. The number of oxime groups is 1. The van der Waals surface area contributed by atoms with E-state index in [2.05, 4.69) is 10.5 Å². The molecule has 0 aliphatic carbocycles. The fourth-order valence-electron chi connectivity index (χ4n) is 2.49. The van der Waals surface area contributed by atoms with Crippen molar-refractivity contribution in [3.63, 3.8) is 0 Å². The van der Waals surface area contributed by atoms with Gasteiger partial charge in [-0.25, -0.2) is 0 Å². The second kappa shape index (κ2) is 7.77. The topological polar surface area (TPSA) is 50.7 Å². The summed E-state index contributed by atoms with van der Waals surface area (Å²) in [5.74, 6) is -0.0798. The van der Waals surface area contributed by atoms with Gasteiger partial charge in [0.25, 0.3) is 5.91 Å². The molecule has 1 aromatic heterocycles. The van der Waals surface area contributed by atoms with Gasteiger partial charge in [0.15, 0.2) is 0 Å². The number of anilines is 1. The summed E-state index contributed by atoms with van der Waals surface area (Å²) in [5, 5.41) is 8.71. The number of amides is 1. The first-order chi connectivity index (χ1) is 12.2. The third-order valence-corrected chi connectivity index (χ3v) is 4.79. The quantitative estimate of drug-likeness (QED) is 0.522. The molecule has 0 saturated heterocycles. The number of thiophene rings is 1. The lowest BCUT2D eigenvalue weighted by Crippen LogP contribution is -2.12. The van der Waals surface area contributed by atoms with E-state index in [1.807, 2.05) is 66.9 Å². The number of para-hydroxylation sites is 1. The summed E-state index contributed by atoms with van der Waals surface area (Å²) in [6.45, 7) is 1.94. The van der Waals surface area contributed by atoms with E-state index in [0.29, 0.717) is 0 Å². The van der Waals surface area contributed by atoms with E-state index in [1.54, 1.807) is 6.21 Å². The van der Waals surface area contributed by atoms with Crippen LogP contribution in [0.5, 0.6) is 0 Å². The molecule has 3 rings (SSSR count). The second-order valence-corrected chi connectivity index (χ2v) is 6.39. The Kier molecular flexibility index (Phi) is 5.26. The van der Waals surface area contributed by atoms with Crippen LogP contribution in [0.4, 0.5) is 5.69 Å². The molecule has 0 unspecified atom stereocenters. The number of nitrogens with one attached hydrogen (secondary N) is 1. The van der Waals surface area contributed by atoms with E-state index in [9.17, 15) is 4.79 Å². The Hall–Kier alpha value is -2.92. The monoisotopic (exact) mass is 350 g/mol. The van der Waals surface area contributed by atoms with Crippen LogP contribution in [0.1, 0.15) is 20.8 Å². The van der Waals surface area contributed by atoms with Crippen molar-refractivity contribution in [3.8, 4) is 11.1 Å². The lowest BCUT2D eigenvalue weighted by Gasteiger charge is -2.11. The van der Waals surface area contributed by atoms with Crippen molar-refractivity contribution in [3.05, 3.63) is 76.0 Å². The fraction of sp³-hybridized carbons (Fsp3) is 0.100. The molecule has 0 aliphatic heterocycles. The van der Waals surface area contributed by atoms with E-state index >= 15 is 0 Å². The average Bonchev–Trinajstić information content (AvgIpc) is 3.07. The Labute approximate surface area is 150 Å². The van der Waals surface area contributed by atoms with Gasteiger partial charge in [-0.1, -0.05) is 47.6 Å². The van der Waals surface area contributed by atoms with Crippen LogP contribution in [0.15, 0.2) is 65.1 Å². The first kappa shape index (κ1) is 16.9. The highest BCUT2D eigenvalue weighted by molar-refractivity contribution is 7.12. The van der Waals surface area contributed by atoms with Gasteiger partial charge in [0.1, 0.15) is 7.11 Å². The van der Waals surface area contributed by atoms with Crippen molar-refractivity contribution < 1.29 is 9.63 Å². The van der Waals surface area contributed by atoms with Gasteiger partial charge in [-0.3, -0.25) is 4.79 Å². The summed E-state index contributed by atoms with van der Waals surface area (Å²) in [6, 6.07) is 17.6. The summed E-state index contributed by atoms with van der Waals surface area (Å²) >= 11 is 1.45. The second-order valence-electron chi connectivity index (χ2n) is 5.47. The molecule has 1 N–H and O–H groups in total. The van der Waals surface area contributed by atoms with Gasteiger partial charge in [0.2, 0.25) is 0 Å². The van der Waals surface area contributed by atoms with Gasteiger partial charge in [-0.2, -0.15) is 0 Å². The van der Waals surface area contributed by atoms with Crippen LogP contribution in [0.2, 0.25) is 0 Å². The third kappa shape index (κ3) is 3.95. The van der Waals surface area contributed by atoms with Crippen LogP contribution >= 0.6 is 11.3 Å². The number of rotatable bonds is 5. The SMILES string of the molecule is CO/N=C/c1ccc(-c2ccccc2NC(=O)c2sccc2C)cc1. The summed E-state index contributed by atoms with van der Waals surface area (Å²) in [6.07, 6.45) is 1.65. The lowest BCUT2D eigenvalue weighted by atomic mass is 10.0. The number of carbonyl (C=O) groups is 1. The maximum Gasteiger partial charge on any atom is 0.266 e. The van der Waals surface area contributed by atoms with Gasteiger partial charge in [-0.05, 0) is 41.1 Å². The van der Waals surface area contributed by atoms with Crippen LogP contribution in [0.25, 0.3) is 11.1 Å². The normalized spacial score (nSPS) is 10.8. The van der Waals surface area contributed by atoms with Crippen molar-refractivity contribution in [1.82, 2.24) is 0 Å². The molecule has 0 aliphatic rings. The van der Waals surface area contributed by atoms with Gasteiger partial charge in [0.05, 0.1) is 11.1 Å². The Bertz CT molecular complexity index is 898. The molecule has 0 bridgehead atoms. The fourth-order valence-corrected chi connectivity index (χ4v) is 3.31. The van der Waals surface area contributed by atoms with Crippen molar-refractivity contribution in [1.29, 1.82) is 0 Å². The zero-order chi connectivity index (χ0) is 17.6. The first-order valence-electron chi connectivity index (χ1n) is 7.80. The minimum Gasteiger partial charge on any atom is -0.399 e. The van der Waals surface area contributed by atoms with Crippen LogP contribution in [0.3, 0.4) is 0 Å². The molecule has 0 saturated carbocycles. The molecule has 3 aromatic rings. The molecule has 1 amide bonds. The average molecular weight is 350 g/mol. The Morgan fingerprint density at radius 1 is 1.12 bits per heavy atom. The minimum atomic E-state index is -0.0798. The van der Waals surface area contributed by atoms with Gasteiger partial charge < -0.3 is 10.2 Å². The van der Waals surface area contributed by atoms with E-state index in [-0.39, 0.29) is 5.91 Å². The highest BCUT2D eigenvalue weighted by Gasteiger charge is 2.13. The third-order valence-electron chi connectivity index (χ3n) is 3.77. The number of nitrogens with zero attached hydrogens (tertiary/aromatic N) is 1. The van der Waals surface area contributed by atoms with Crippen LogP contribution in [-0.4, -0.2) is 19.2 Å². The van der Waals surface area contributed by atoms with Gasteiger partial charge >= 0.3 is 0 Å². The number of benzene rings is 2. The molecule has 0 fully saturated rings. The van der Waals surface area contributed by atoms with Gasteiger partial charge in [-0.15, -0.1) is 11.3 Å². The summed E-state index contributed by atoms with van der Waals surface area (Å²) in [7, 11) is 1.51. The molecule has 126 valence electrons. The first-order valence-corrected chi connectivity index (χ1v) is 8.68. The van der Waals surface area contributed by atoms with Crippen molar-refractivity contribution in [2.45, 2.75) is 6.92 Å². The predicted octanol–water partition coefficient (Wildman–Crippen LogP) is 4.96. The smallest absolute Gasteiger partial charge is 0.266 e. The molecule has 4 nitrogen and oxygen atoms in total. The van der Waals surface area contributed by atoms with Crippen LogP contribution < -0.4 is 5.32 Å². The lowest BCUT2D eigenvalue weighted by molar-refractivity contribution is 0.103. The molecule has 1 heterocycles. The van der Waals surface area contributed by atoms with E-state index < -0.39 is 0 Å². The van der Waals surface area contributed by atoms with Gasteiger partial charge in [0, 0.05) is 11.3 Å².